The van der Waals surface area contributed by atoms with Gasteiger partial charge in [0.2, 0.25) is 0 Å². The molecule has 0 bridgehead atoms. The minimum Gasteiger partial charge on any atom is -0.496 e. The zero-order valence-electron chi connectivity index (χ0n) is 9.55. The van der Waals surface area contributed by atoms with Crippen LogP contribution in [0.4, 0.5) is 0 Å². The largest absolute Gasteiger partial charge is 0.496 e. The van der Waals surface area contributed by atoms with Crippen LogP contribution in [-0.4, -0.2) is 23.2 Å². The first-order valence-electron chi connectivity index (χ1n) is 5.14. The topological polar surface area (TPSA) is 59.4 Å². The lowest BCUT2D eigenvalue weighted by Gasteiger charge is -2.09. The Bertz CT molecular complexity index is 599. The van der Waals surface area contributed by atoms with E-state index in [1.54, 1.807) is 30.5 Å². The Morgan fingerprint density at radius 1 is 1.33 bits per heavy atom. The normalized spacial score (nSPS) is 10.1. The van der Waals surface area contributed by atoms with E-state index in [2.05, 4.69) is 4.98 Å². The van der Waals surface area contributed by atoms with Crippen molar-refractivity contribution in [1.82, 2.24) is 4.98 Å². The molecular weight excluding hydrogens is 254 g/mol. The Labute approximate surface area is 109 Å². The summed E-state index contributed by atoms with van der Waals surface area (Å²) in [5.41, 5.74) is 1.55. The second-order valence-electron chi connectivity index (χ2n) is 3.61. The molecule has 18 heavy (non-hydrogen) atoms. The summed E-state index contributed by atoms with van der Waals surface area (Å²) in [4.78, 5) is 14.8. The average Bonchev–Trinajstić information content (AvgIpc) is 2.38. The van der Waals surface area contributed by atoms with Gasteiger partial charge >= 0.3 is 5.97 Å². The summed E-state index contributed by atoms with van der Waals surface area (Å²) in [5, 5.41) is 9.49. The van der Waals surface area contributed by atoms with Gasteiger partial charge < -0.3 is 9.84 Å². The van der Waals surface area contributed by atoms with Gasteiger partial charge in [-0.1, -0.05) is 11.6 Å². The number of carbonyl (C=O) groups is 1. The third kappa shape index (κ3) is 2.43. The van der Waals surface area contributed by atoms with Gasteiger partial charge in [0.25, 0.3) is 0 Å². The molecule has 1 heterocycles. The number of methoxy groups -OCH3 is 1. The maximum Gasteiger partial charge on any atom is 0.337 e. The molecule has 0 atom stereocenters. The number of pyridine rings is 1. The molecule has 1 aromatic heterocycles. The van der Waals surface area contributed by atoms with E-state index in [1.165, 1.54) is 13.3 Å². The molecule has 0 saturated heterocycles. The molecule has 0 saturated carbocycles. The molecule has 0 amide bonds. The maximum atomic E-state index is 10.9. The van der Waals surface area contributed by atoms with Crippen molar-refractivity contribution in [2.24, 2.45) is 0 Å². The molecule has 4 nitrogen and oxygen atoms in total. The van der Waals surface area contributed by atoms with E-state index >= 15 is 0 Å². The van der Waals surface area contributed by atoms with Crippen LogP contribution in [0.2, 0.25) is 5.02 Å². The summed E-state index contributed by atoms with van der Waals surface area (Å²) in [5.74, 6) is -0.441. The van der Waals surface area contributed by atoms with Gasteiger partial charge in [-0.15, -0.1) is 0 Å². The van der Waals surface area contributed by atoms with E-state index in [1.807, 2.05) is 0 Å². The summed E-state index contributed by atoms with van der Waals surface area (Å²) in [6, 6.07) is 6.70. The van der Waals surface area contributed by atoms with Gasteiger partial charge in [0, 0.05) is 28.5 Å². The van der Waals surface area contributed by atoms with Crippen LogP contribution in [0.3, 0.4) is 0 Å². The fraction of sp³-hybridized carbons (Fsp3) is 0.0769. The number of hydrogen-bond donors (Lipinski definition) is 1. The summed E-state index contributed by atoms with van der Waals surface area (Å²) >= 11 is 5.88. The van der Waals surface area contributed by atoms with Gasteiger partial charge in [-0.25, -0.2) is 4.79 Å². The molecule has 92 valence electrons. The van der Waals surface area contributed by atoms with Crippen molar-refractivity contribution in [3.05, 3.63) is 47.2 Å². The number of nitrogens with zero attached hydrogens (tertiary/aromatic N) is 1. The number of hydrogen-bond acceptors (Lipinski definition) is 3. The molecule has 0 unspecified atom stereocenters. The van der Waals surface area contributed by atoms with Crippen molar-refractivity contribution in [2.45, 2.75) is 0 Å². The Kier molecular flexibility index (Phi) is 3.48. The highest BCUT2D eigenvalue weighted by Gasteiger charge is 2.10. The zero-order valence-corrected chi connectivity index (χ0v) is 10.3. The van der Waals surface area contributed by atoms with Crippen molar-refractivity contribution in [1.29, 1.82) is 0 Å². The van der Waals surface area contributed by atoms with Crippen LogP contribution in [0.5, 0.6) is 5.75 Å². The summed E-state index contributed by atoms with van der Waals surface area (Å²) in [7, 11) is 1.53. The number of aromatic nitrogens is 1. The highest BCUT2D eigenvalue weighted by molar-refractivity contribution is 6.30. The summed E-state index contributed by atoms with van der Waals surface area (Å²) in [6.45, 7) is 0. The number of benzene rings is 1. The molecule has 1 aromatic carbocycles. The lowest BCUT2D eigenvalue weighted by atomic mass is 10.1. The molecule has 0 fully saturated rings. The second-order valence-corrected chi connectivity index (χ2v) is 4.05. The van der Waals surface area contributed by atoms with Crippen LogP contribution in [0.15, 0.2) is 36.7 Å². The first-order chi connectivity index (χ1) is 8.61. The van der Waals surface area contributed by atoms with Crippen molar-refractivity contribution >= 4 is 17.6 Å². The van der Waals surface area contributed by atoms with Crippen LogP contribution in [0.25, 0.3) is 11.1 Å². The SMILES string of the molecule is COc1cc(Cl)ccc1-c1cncc(C(=O)O)c1. The minimum atomic E-state index is -1.02. The molecule has 0 aliphatic rings. The Hall–Kier alpha value is -2.07. The Balaban J connectivity index is 2.54. The first kappa shape index (κ1) is 12.4. The summed E-state index contributed by atoms with van der Waals surface area (Å²) < 4.78 is 5.22. The van der Waals surface area contributed by atoms with Gasteiger partial charge in [-0.05, 0) is 24.3 Å². The predicted octanol–water partition coefficient (Wildman–Crippen LogP) is 3.11. The lowest BCUT2D eigenvalue weighted by molar-refractivity contribution is 0.0696. The van der Waals surface area contributed by atoms with Crippen LogP contribution < -0.4 is 4.74 Å². The standard InChI is InChI=1S/C13H10ClNO3/c1-18-12-5-10(14)2-3-11(12)8-4-9(13(16)17)7-15-6-8/h2-7H,1H3,(H,16,17). The smallest absolute Gasteiger partial charge is 0.337 e. The monoisotopic (exact) mass is 263 g/mol. The number of rotatable bonds is 3. The molecule has 1 N–H and O–H groups in total. The van der Waals surface area contributed by atoms with E-state index < -0.39 is 5.97 Å². The second kappa shape index (κ2) is 5.06. The zero-order chi connectivity index (χ0) is 13.1. The van der Waals surface area contributed by atoms with Crippen molar-refractivity contribution in [3.63, 3.8) is 0 Å². The minimum absolute atomic E-state index is 0.129. The lowest BCUT2D eigenvalue weighted by Crippen LogP contribution is -1.97. The van der Waals surface area contributed by atoms with Gasteiger partial charge in [0.05, 0.1) is 12.7 Å². The average molecular weight is 264 g/mol. The highest BCUT2D eigenvalue weighted by Crippen LogP contribution is 2.32. The van der Waals surface area contributed by atoms with E-state index in [0.29, 0.717) is 16.3 Å². The third-order valence-corrected chi connectivity index (χ3v) is 2.69. The molecule has 0 aliphatic heterocycles. The van der Waals surface area contributed by atoms with Crippen molar-refractivity contribution in [2.75, 3.05) is 7.11 Å². The van der Waals surface area contributed by atoms with Gasteiger partial charge in [0.15, 0.2) is 0 Å². The number of aromatic carboxylic acids is 1. The van der Waals surface area contributed by atoms with E-state index in [0.717, 1.165) is 5.56 Å². The molecule has 2 aromatic rings. The van der Waals surface area contributed by atoms with Crippen molar-refractivity contribution in [3.8, 4) is 16.9 Å². The van der Waals surface area contributed by atoms with Crippen molar-refractivity contribution < 1.29 is 14.6 Å². The molecule has 0 spiro atoms. The predicted molar refractivity (Wildman–Crippen MR) is 68.2 cm³/mol. The molecule has 5 heteroatoms. The van der Waals surface area contributed by atoms with Crippen LogP contribution in [-0.2, 0) is 0 Å². The van der Waals surface area contributed by atoms with Crippen LogP contribution in [0.1, 0.15) is 10.4 Å². The summed E-state index contributed by atoms with van der Waals surface area (Å²) in [6.07, 6.45) is 2.88. The molecule has 0 aliphatic carbocycles. The number of carboxylic acids is 1. The maximum absolute atomic E-state index is 10.9. The number of ether oxygens (including phenoxy) is 1. The van der Waals surface area contributed by atoms with Gasteiger partial charge in [-0.2, -0.15) is 0 Å². The van der Waals surface area contributed by atoms with Gasteiger partial charge in [0.1, 0.15) is 5.75 Å². The Morgan fingerprint density at radius 3 is 2.78 bits per heavy atom. The first-order valence-corrected chi connectivity index (χ1v) is 5.52. The van der Waals surface area contributed by atoms with E-state index in [4.69, 9.17) is 21.4 Å². The molecule has 0 radical (unpaired) electrons. The number of carboxylic acid groups (broad SMARTS) is 1. The van der Waals surface area contributed by atoms with E-state index in [-0.39, 0.29) is 5.56 Å². The highest BCUT2D eigenvalue weighted by atomic mass is 35.5. The number of halogens is 1. The van der Waals surface area contributed by atoms with Gasteiger partial charge in [-0.3, -0.25) is 4.98 Å². The van der Waals surface area contributed by atoms with E-state index in [9.17, 15) is 4.79 Å². The van der Waals surface area contributed by atoms with Crippen LogP contribution in [0, 0.1) is 0 Å². The third-order valence-electron chi connectivity index (χ3n) is 2.46. The van der Waals surface area contributed by atoms with Crippen LogP contribution >= 0.6 is 11.6 Å². The quantitative estimate of drug-likeness (QED) is 0.924. The fourth-order valence-electron chi connectivity index (χ4n) is 1.61. The fourth-order valence-corrected chi connectivity index (χ4v) is 1.77. The molecule has 2 rings (SSSR count). The Morgan fingerprint density at radius 2 is 2.11 bits per heavy atom. The molecular formula is C13H10ClNO3.